The van der Waals surface area contributed by atoms with E-state index >= 15 is 0 Å². The predicted octanol–water partition coefficient (Wildman–Crippen LogP) is 9.24. The first-order valence-corrected chi connectivity index (χ1v) is 21.9. The Kier molecular flexibility index (Phi) is 20.0. The second-order valence-electron chi connectivity index (χ2n) is 17.4. The molecular formula is C43H79NO6. The fourth-order valence-electron chi connectivity index (χ4n) is 10.4. The second-order valence-corrected chi connectivity index (χ2v) is 17.4. The molecule has 0 aromatic carbocycles. The Labute approximate surface area is 306 Å². The number of rotatable bonds is 10. The molecule has 6 atom stereocenters. The van der Waals surface area contributed by atoms with Crippen LogP contribution in [0.4, 0.5) is 0 Å². The van der Waals surface area contributed by atoms with Crippen molar-refractivity contribution < 1.29 is 29.6 Å². The van der Waals surface area contributed by atoms with Gasteiger partial charge in [-0.25, -0.2) is 0 Å². The van der Waals surface area contributed by atoms with Gasteiger partial charge in [0.15, 0.2) is 6.29 Å². The van der Waals surface area contributed by atoms with Crippen LogP contribution in [0.3, 0.4) is 0 Å². The molecule has 292 valence electrons. The van der Waals surface area contributed by atoms with Gasteiger partial charge in [0.25, 0.3) is 0 Å². The summed E-state index contributed by atoms with van der Waals surface area (Å²) in [6.07, 6.45) is 34.8. The summed E-state index contributed by atoms with van der Waals surface area (Å²) in [5.74, 6) is 4.62. The highest BCUT2D eigenvalue weighted by Gasteiger charge is 2.44. The van der Waals surface area contributed by atoms with E-state index in [1.165, 1.54) is 109 Å². The highest BCUT2D eigenvalue weighted by atomic mass is 16.6. The Morgan fingerprint density at radius 2 is 1.08 bits per heavy atom. The van der Waals surface area contributed by atoms with E-state index in [1.807, 2.05) is 0 Å². The summed E-state index contributed by atoms with van der Waals surface area (Å²) in [4.78, 5) is 12.3. The monoisotopic (exact) mass is 706 g/mol. The fourth-order valence-corrected chi connectivity index (χ4v) is 10.4. The van der Waals surface area contributed by atoms with Gasteiger partial charge >= 0.3 is 0 Å². The third-order valence-corrected chi connectivity index (χ3v) is 13.7. The molecule has 7 nitrogen and oxygen atoms in total. The highest BCUT2D eigenvalue weighted by molar-refractivity contribution is 5.80. The summed E-state index contributed by atoms with van der Waals surface area (Å²) in [6.45, 7) is 3.51. The molecule has 5 saturated carbocycles. The van der Waals surface area contributed by atoms with Crippen molar-refractivity contribution in [3.05, 3.63) is 0 Å². The average Bonchev–Trinajstić information content (AvgIpc) is 3.18. The molecule has 6 fully saturated rings. The largest absolute Gasteiger partial charge is 0.394 e. The summed E-state index contributed by atoms with van der Waals surface area (Å²) in [6, 6.07) is 0. The van der Waals surface area contributed by atoms with Crippen LogP contribution in [0.25, 0.3) is 0 Å². The number of amides is 1. The molecule has 0 aromatic heterocycles. The predicted molar refractivity (Wildman–Crippen MR) is 203 cm³/mol. The standard InChI is InChI=1S/C19H35NO6.2C12H22/c1-12-17(16(22)15(11-21)26-19(12)24)25-13(2)18(23)20-10-6-9-14-7-4-3-5-8-14;2*1-3-7-11(8-4-1)12-9-5-2-6-10-12/h12-17,19,21-22,24H,3-11H2,1-2H3,(H,20,23);2*11-12H,1-10H2/t12-,13+,15?,16?,17+,19?;;/m0../s1. The van der Waals surface area contributed by atoms with Crippen molar-refractivity contribution in [2.45, 2.75) is 218 Å². The average molecular weight is 706 g/mol. The summed E-state index contributed by atoms with van der Waals surface area (Å²) in [7, 11) is 0. The topological polar surface area (TPSA) is 108 Å². The zero-order valence-electron chi connectivity index (χ0n) is 32.4. The molecule has 0 spiro atoms. The van der Waals surface area contributed by atoms with Gasteiger partial charge in [0.1, 0.15) is 18.3 Å². The number of carbonyl (C=O) groups is 1. The Morgan fingerprint density at radius 1 is 0.680 bits per heavy atom. The maximum absolute atomic E-state index is 12.3. The van der Waals surface area contributed by atoms with Gasteiger partial charge in [-0.1, -0.05) is 167 Å². The van der Waals surface area contributed by atoms with Crippen LogP contribution in [0.2, 0.25) is 0 Å². The molecule has 7 heteroatoms. The van der Waals surface area contributed by atoms with Crippen LogP contribution in [0.5, 0.6) is 0 Å². The minimum atomic E-state index is -1.15. The van der Waals surface area contributed by atoms with Crippen molar-refractivity contribution in [2.24, 2.45) is 35.5 Å². The van der Waals surface area contributed by atoms with Crippen molar-refractivity contribution >= 4 is 5.91 Å². The molecule has 6 rings (SSSR count). The molecule has 1 aliphatic heterocycles. The summed E-state index contributed by atoms with van der Waals surface area (Å²) in [5, 5.41) is 32.3. The van der Waals surface area contributed by atoms with Crippen LogP contribution in [0, 0.1) is 35.5 Å². The molecule has 50 heavy (non-hydrogen) atoms. The van der Waals surface area contributed by atoms with Crippen LogP contribution in [-0.2, 0) is 14.3 Å². The van der Waals surface area contributed by atoms with E-state index in [4.69, 9.17) is 9.47 Å². The fraction of sp³-hybridized carbons (Fsp3) is 0.977. The molecule has 0 radical (unpaired) electrons. The number of aliphatic hydroxyl groups excluding tert-OH is 3. The van der Waals surface area contributed by atoms with E-state index in [2.05, 4.69) is 5.32 Å². The maximum atomic E-state index is 12.3. The lowest BCUT2D eigenvalue weighted by Crippen LogP contribution is -2.57. The summed E-state index contributed by atoms with van der Waals surface area (Å²) < 4.78 is 10.9. The number of carbonyl (C=O) groups excluding carboxylic acids is 1. The highest BCUT2D eigenvalue weighted by Crippen LogP contribution is 2.39. The van der Waals surface area contributed by atoms with Gasteiger partial charge in [-0.05, 0) is 49.4 Å². The first-order valence-electron chi connectivity index (χ1n) is 21.9. The third-order valence-electron chi connectivity index (χ3n) is 13.7. The first kappa shape index (κ1) is 42.0. The zero-order chi connectivity index (χ0) is 35.6. The molecule has 3 unspecified atom stereocenters. The quantitative estimate of drug-likeness (QED) is 0.169. The minimum absolute atomic E-state index is 0.227. The Balaban J connectivity index is 0.000000192. The zero-order valence-corrected chi connectivity index (χ0v) is 32.4. The molecule has 5 aliphatic carbocycles. The molecule has 1 heterocycles. The van der Waals surface area contributed by atoms with E-state index in [0.29, 0.717) is 6.54 Å². The SMILES string of the molecule is C1CCC(C2CCCCC2)CC1.C1CCC(C2CCCCC2)CC1.C[C@@H]1C(O)OC(CO)C(O)[C@@H]1O[C@H](C)C(=O)NCCCC1CCCCC1. The molecule has 0 bridgehead atoms. The second kappa shape index (κ2) is 23.8. The number of hydrogen-bond donors (Lipinski definition) is 4. The Hall–Kier alpha value is -0.730. The van der Waals surface area contributed by atoms with Gasteiger partial charge in [-0.2, -0.15) is 0 Å². The van der Waals surface area contributed by atoms with E-state index in [-0.39, 0.29) is 5.91 Å². The number of aliphatic hydroxyl groups is 3. The lowest BCUT2D eigenvalue weighted by atomic mass is 9.73. The smallest absolute Gasteiger partial charge is 0.248 e. The summed E-state index contributed by atoms with van der Waals surface area (Å²) >= 11 is 0. The minimum Gasteiger partial charge on any atom is -0.394 e. The van der Waals surface area contributed by atoms with Crippen LogP contribution in [0.15, 0.2) is 0 Å². The molecular weight excluding hydrogens is 626 g/mol. The normalized spacial score (nSPS) is 31.8. The van der Waals surface area contributed by atoms with Crippen molar-refractivity contribution in [3.8, 4) is 0 Å². The first-order chi connectivity index (χ1) is 24.4. The van der Waals surface area contributed by atoms with E-state index in [9.17, 15) is 20.1 Å². The molecule has 1 saturated heterocycles. The van der Waals surface area contributed by atoms with E-state index < -0.39 is 43.2 Å². The van der Waals surface area contributed by atoms with Crippen LogP contribution in [-0.4, -0.2) is 65.1 Å². The van der Waals surface area contributed by atoms with Crippen LogP contribution < -0.4 is 5.32 Å². The van der Waals surface area contributed by atoms with Gasteiger partial charge in [0, 0.05) is 12.5 Å². The molecule has 0 aromatic rings. The molecule has 6 aliphatic rings. The van der Waals surface area contributed by atoms with Crippen molar-refractivity contribution in [1.29, 1.82) is 0 Å². The maximum Gasteiger partial charge on any atom is 0.248 e. The van der Waals surface area contributed by atoms with E-state index in [1.54, 1.807) is 65.2 Å². The van der Waals surface area contributed by atoms with Crippen molar-refractivity contribution in [2.75, 3.05) is 13.2 Å². The Bertz CT molecular complexity index is 809. The number of ether oxygens (including phenoxy) is 2. The number of hydrogen-bond acceptors (Lipinski definition) is 6. The lowest BCUT2D eigenvalue weighted by Gasteiger charge is -2.41. The third kappa shape index (κ3) is 14.3. The van der Waals surface area contributed by atoms with Crippen molar-refractivity contribution in [3.63, 3.8) is 0 Å². The Morgan fingerprint density at radius 3 is 1.48 bits per heavy atom. The molecule has 1 amide bonds. The van der Waals surface area contributed by atoms with Crippen molar-refractivity contribution in [1.82, 2.24) is 5.32 Å². The molecule has 4 N–H and O–H groups in total. The number of nitrogens with one attached hydrogen (secondary N) is 1. The van der Waals surface area contributed by atoms with E-state index in [0.717, 1.165) is 42.4 Å². The van der Waals surface area contributed by atoms with Crippen LogP contribution in [0.1, 0.15) is 187 Å². The lowest BCUT2D eigenvalue weighted by molar-refractivity contribution is -0.278. The van der Waals surface area contributed by atoms with Gasteiger partial charge in [0.2, 0.25) is 5.91 Å². The van der Waals surface area contributed by atoms with Crippen LogP contribution >= 0.6 is 0 Å². The van der Waals surface area contributed by atoms with Gasteiger partial charge < -0.3 is 30.1 Å². The van der Waals surface area contributed by atoms with Gasteiger partial charge in [-0.3, -0.25) is 4.79 Å². The summed E-state index contributed by atoms with van der Waals surface area (Å²) in [5.41, 5.74) is 0. The van der Waals surface area contributed by atoms with Gasteiger partial charge in [-0.15, -0.1) is 0 Å². The van der Waals surface area contributed by atoms with Gasteiger partial charge in [0.05, 0.1) is 12.7 Å².